The molecule has 0 aliphatic carbocycles. The average Bonchev–Trinajstić information content (AvgIpc) is 2.91. The third-order valence-corrected chi connectivity index (χ3v) is 4.80. The van der Waals surface area contributed by atoms with Gasteiger partial charge in [0.25, 0.3) is 11.7 Å². The molecule has 1 aromatic heterocycles. The third kappa shape index (κ3) is 3.69. The molecule has 140 valence electrons. The fourth-order valence-electron chi connectivity index (χ4n) is 3.02. The van der Waals surface area contributed by atoms with Gasteiger partial charge in [-0.05, 0) is 36.8 Å². The molecule has 27 heavy (non-hydrogen) atoms. The maximum atomic E-state index is 12.7. The van der Waals surface area contributed by atoms with Gasteiger partial charge in [0, 0.05) is 29.9 Å². The van der Waals surface area contributed by atoms with Crippen molar-refractivity contribution in [3.8, 4) is 0 Å². The van der Waals surface area contributed by atoms with Crippen LogP contribution in [0, 0.1) is 0 Å². The minimum Gasteiger partial charge on any atom is -0.507 e. The molecule has 0 spiro atoms. The first-order valence-electron chi connectivity index (χ1n) is 8.21. The molecule has 2 heterocycles. The van der Waals surface area contributed by atoms with Crippen LogP contribution >= 0.6 is 23.2 Å². The van der Waals surface area contributed by atoms with Crippen LogP contribution in [0.2, 0.25) is 10.0 Å². The number of ketones is 1. The van der Waals surface area contributed by atoms with Crippen molar-refractivity contribution in [3.05, 3.63) is 69.5 Å². The molecule has 1 atom stereocenters. The molecule has 1 aliphatic heterocycles. The maximum Gasteiger partial charge on any atom is 0.295 e. The molecule has 1 saturated heterocycles. The number of halogens is 2. The van der Waals surface area contributed by atoms with Crippen LogP contribution in [0.3, 0.4) is 0 Å². The molecule has 0 saturated carbocycles. The van der Waals surface area contributed by atoms with Crippen molar-refractivity contribution in [2.24, 2.45) is 0 Å². The Morgan fingerprint density at radius 2 is 1.96 bits per heavy atom. The summed E-state index contributed by atoms with van der Waals surface area (Å²) >= 11 is 12.1. The predicted octanol–water partition coefficient (Wildman–Crippen LogP) is 3.19. The van der Waals surface area contributed by atoms with E-state index in [9.17, 15) is 14.7 Å². The van der Waals surface area contributed by atoms with Crippen LogP contribution in [-0.2, 0) is 9.59 Å². The second kappa shape index (κ2) is 8.08. The number of aliphatic hydroxyl groups excluding tert-OH is 2. The molecule has 1 fully saturated rings. The SMILES string of the molecule is O=C1C(=O)N(CCCO)C(c2ccccn2)/C1=C(/O)c1ccc(Cl)cc1Cl. The zero-order chi connectivity index (χ0) is 19.6. The Labute approximate surface area is 165 Å². The summed E-state index contributed by atoms with van der Waals surface area (Å²) in [4.78, 5) is 30.8. The summed E-state index contributed by atoms with van der Waals surface area (Å²) in [5.41, 5.74) is 0.532. The van der Waals surface area contributed by atoms with Gasteiger partial charge in [0.05, 0.1) is 16.3 Å². The lowest BCUT2D eigenvalue weighted by atomic mass is 9.98. The van der Waals surface area contributed by atoms with Gasteiger partial charge in [-0.3, -0.25) is 14.6 Å². The molecule has 0 bridgehead atoms. The van der Waals surface area contributed by atoms with E-state index in [1.165, 1.54) is 29.3 Å². The van der Waals surface area contributed by atoms with Gasteiger partial charge >= 0.3 is 0 Å². The molecule has 1 aromatic carbocycles. The molecule has 1 amide bonds. The summed E-state index contributed by atoms with van der Waals surface area (Å²) in [6.07, 6.45) is 1.83. The van der Waals surface area contributed by atoms with Crippen LogP contribution in [0.15, 0.2) is 48.2 Å². The summed E-state index contributed by atoms with van der Waals surface area (Å²) in [6.45, 7) is 0.00833. The van der Waals surface area contributed by atoms with Gasteiger partial charge in [-0.1, -0.05) is 29.3 Å². The number of aliphatic hydroxyl groups is 2. The number of pyridine rings is 1. The Balaban J connectivity index is 2.18. The second-order valence-corrected chi connectivity index (χ2v) is 6.79. The lowest BCUT2D eigenvalue weighted by Crippen LogP contribution is -2.31. The number of Topliss-reactive ketones (excluding diaryl/α,β-unsaturated/α-hetero) is 1. The highest BCUT2D eigenvalue weighted by molar-refractivity contribution is 6.47. The number of hydrogen-bond donors (Lipinski definition) is 2. The number of amides is 1. The van der Waals surface area contributed by atoms with Gasteiger partial charge in [-0.25, -0.2) is 0 Å². The van der Waals surface area contributed by atoms with Gasteiger partial charge < -0.3 is 15.1 Å². The molecular formula is C19H16Cl2N2O4. The van der Waals surface area contributed by atoms with Gasteiger partial charge in [0.15, 0.2) is 0 Å². The van der Waals surface area contributed by atoms with Crippen LogP contribution in [0.4, 0.5) is 0 Å². The summed E-state index contributed by atoms with van der Waals surface area (Å²) in [6, 6.07) is 8.68. The summed E-state index contributed by atoms with van der Waals surface area (Å²) in [7, 11) is 0. The largest absolute Gasteiger partial charge is 0.507 e. The van der Waals surface area contributed by atoms with Crippen molar-refractivity contribution in [1.82, 2.24) is 9.88 Å². The van der Waals surface area contributed by atoms with E-state index in [2.05, 4.69) is 4.98 Å². The van der Waals surface area contributed by atoms with Gasteiger partial charge in [0.2, 0.25) is 0 Å². The van der Waals surface area contributed by atoms with Crippen molar-refractivity contribution in [2.45, 2.75) is 12.5 Å². The van der Waals surface area contributed by atoms with Crippen molar-refractivity contribution < 1.29 is 19.8 Å². The number of carbonyl (C=O) groups excluding carboxylic acids is 2. The third-order valence-electron chi connectivity index (χ3n) is 4.25. The molecule has 6 nitrogen and oxygen atoms in total. The Hall–Kier alpha value is -2.41. The number of benzene rings is 1. The number of carbonyl (C=O) groups is 2. The van der Waals surface area contributed by atoms with Crippen molar-refractivity contribution in [3.63, 3.8) is 0 Å². The van der Waals surface area contributed by atoms with Crippen molar-refractivity contribution >= 4 is 40.7 Å². The first kappa shape index (κ1) is 19.4. The molecule has 2 N–H and O–H groups in total. The normalized spacial score (nSPS) is 18.9. The molecule has 8 heteroatoms. The van der Waals surface area contributed by atoms with Crippen molar-refractivity contribution in [1.29, 1.82) is 0 Å². The number of rotatable bonds is 5. The monoisotopic (exact) mass is 406 g/mol. The van der Waals surface area contributed by atoms with Crippen LogP contribution in [0.5, 0.6) is 0 Å². The molecule has 0 radical (unpaired) electrons. The van der Waals surface area contributed by atoms with E-state index in [1.807, 2.05) is 0 Å². The highest BCUT2D eigenvalue weighted by atomic mass is 35.5. The Kier molecular flexibility index (Phi) is 5.79. The molecule has 2 aromatic rings. The molecular weight excluding hydrogens is 391 g/mol. The fraction of sp³-hybridized carbons (Fsp3) is 0.211. The summed E-state index contributed by atoms with van der Waals surface area (Å²) in [5, 5.41) is 20.5. The minimum absolute atomic E-state index is 0.0964. The van der Waals surface area contributed by atoms with E-state index < -0.39 is 23.5 Å². The number of nitrogens with zero attached hydrogens (tertiary/aromatic N) is 2. The smallest absolute Gasteiger partial charge is 0.295 e. The first-order valence-corrected chi connectivity index (χ1v) is 8.97. The second-order valence-electron chi connectivity index (χ2n) is 5.95. The van der Waals surface area contributed by atoms with E-state index in [0.29, 0.717) is 10.7 Å². The van der Waals surface area contributed by atoms with E-state index in [-0.39, 0.29) is 35.7 Å². The van der Waals surface area contributed by atoms with E-state index >= 15 is 0 Å². The zero-order valence-corrected chi connectivity index (χ0v) is 15.6. The van der Waals surface area contributed by atoms with Crippen LogP contribution < -0.4 is 0 Å². The Morgan fingerprint density at radius 1 is 1.19 bits per heavy atom. The standard InChI is InChI=1S/C19H16Cl2N2O4/c20-11-5-6-12(13(21)10-11)17(25)15-16(14-4-1-2-7-22-14)23(8-3-9-24)19(27)18(15)26/h1-2,4-7,10,16,24-25H,3,8-9H2/b17-15-. The average molecular weight is 407 g/mol. The maximum absolute atomic E-state index is 12.7. The molecule has 1 unspecified atom stereocenters. The van der Waals surface area contributed by atoms with E-state index in [0.717, 1.165) is 0 Å². The number of hydrogen-bond acceptors (Lipinski definition) is 5. The quantitative estimate of drug-likeness (QED) is 0.451. The summed E-state index contributed by atoms with van der Waals surface area (Å²) < 4.78 is 0. The highest BCUT2D eigenvalue weighted by Crippen LogP contribution is 2.40. The Bertz CT molecular complexity index is 915. The Morgan fingerprint density at radius 3 is 2.59 bits per heavy atom. The lowest BCUT2D eigenvalue weighted by molar-refractivity contribution is -0.140. The molecule has 1 aliphatic rings. The van der Waals surface area contributed by atoms with Crippen LogP contribution in [0.1, 0.15) is 23.7 Å². The van der Waals surface area contributed by atoms with Gasteiger partial charge in [0.1, 0.15) is 11.8 Å². The number of likely N-dealkylation sites (tertiary alicyclic amines) is 1. The first-order chi connectivity index (χ1) is 13.0. The van der Waals surface area contributed by atoms with Crippen LogP contribution in [0.25, 0.3) is 5.76 Å². The predicted molar refractivity (Wildman–Crippen MR) is 101 cm³/mol. The fourth-order valence-corrected chi connectivity index (χ4v) is 3.52. The topological polar surface area (TPSA) is 90.7 Å². The van der Waals surface area contributed by atoms with E-state index in [4.69, 9.17) is 28.3 Å². The van der Waals surface area contributed by atoms with E-state index in [1.54, 1.807) is 18.2 Å². The zero-order valence-electron chi connectivity index (χ0n) is 14.1. The van der Waals surface area contributed by atoms with Crippen molar-refractivity contribution in [2.75, 3.05) is 13.2 Å². The van der Waals surface area contributed by atoms with Crippen LogP contribution in [-0.4, -0.2) is 44.9 Å². The summed E-state index contributed by atoms with van der Waals surface area (Å²) in [5.74, 6) is -1.98. The highest BCUT2D eigenvalue weighted by Gasteiger charge is 2.46. The lowest BCUT2D eigenvalue weighted by Gasteiger charge is -2.24. The minimum atomic E-state index is -0.871. The van der Waals surface area contributed by atoms with Gasteiger partial charge in [-0.2, -0.15) is 0 Å². The molecule has 3 rings (SSSR count). The van der Waals surface area contributed by atoms with Gasteiger partial charge in [-0.15, -0.1) is 0 Å². The number of aromatic nitrogens is 1.